The van der Waals surface area contributed by atoms with E-state index in [1.165, 1.54) is 18.3 Å². The molecule has 4 unspecified atom stereocenters. The highest BCUT2D eigenvalue weighted by molar-refractivity contribution is 7.10. The first-order valence-electron chi connectivity index (χ1n) is 10.4. The zero-order chi connectivity index (χ0) is 22.7. The number of amides is 2. The van der Waals surface area contributed by atoms with Gasteiger partial charge in [0, 0.05) is 28.6 Å². The number of nitrogens with one attached hydrogen (secondary N) is 2. The van der Waals surface area contributed by atoms with Crippen LogP contribution < -0.4 is 10.6 Å². The summed E-state index contributed by atoms with van der Waals surface area (Å²) in [5.41, 5.74) is -0.452. The van der Waals surface area contributed by atoms with E-state index in [9.17, 15) is 19.5 Å². The summed E-state index contributed by atoms with van der Waals surface area (Å²) < 4.78 is 0. The van der Waals surface area contributed by atoms with Crippen molar-refractivity contribution in [2.24, 2.45) is 11.8 Å². The number of ketones is 1. The first kappa shape index (κ1) is 21.9. The number of para-hydroxylation sites is 2. The lowest BCUT2D eigenvalue weighted by atomic mass is 9.62. The fourth-order valence-electron chi connectivity index (χ4n) is 4.40. The van der Waals surface area contributed by atoms with E-state index in [1.807, 2.05) is 23.6 Å². The van der Waals surface area contributed by atoms with Gasteiger partial charge >= 0.3 is 0 Å². The molecule has 164 valence electrons. The molecule has 0 radical (unpaired) electrons. The molecule has 6 nitrogen and oxygen atoms in total. The van der Waals surface area contributed by atoms with Crippen molar-refractivity contribution in [1.82, 2.24) is 0 Å². The van der Waals surface area contributed by atoms with Crippen LogP contribution in [0.25, 0.3) is 0 Å². The van der Waals surface area contributed by atoms with Gasteiger partial charge in [0.15, 0.2) is 0 Å². The number of hydrogen-bond acceptors (Lipinski definition) is 5. The molecule has 0 bridgehead atoms. The number of hydrogen-bond donors (Lipinski definition) is 3. The summed E-state index contributed by atoms with van der Waals surface area (Å²) in [5.74, 6) is -4.17. The minimum absolute atomic E-state index is 0.283. The van der Waals surface area contributed by atoms with Gasteiger partial charge < -0.3 is 15.7 Å². The molecule has 0 spiro atoms. The van der Waals surface area contributed by atoms with Gasteiger partial charge in [-0.25, -0.2) is 0 Å². The standard InChI is InChI=1S/C25H24N2O4S/c1-25(31)15-18(28)20(23(29)26-16-9-4-2-5-10-16)21(19-13-8-14-32-19)22(25)24(30)27-17-11-6-3-7-12-17/h2-14,20-22,31H,15H2,1H3,(H,26,29)(H,27,30). The summed E-state index contributed by atoms with van der Waals surface area (Å²) in [6, 6.07) is 21.4. The van der Waals surface area contributed by atoms with E-state index in [1.54, 1.807) is 54.6 Å². The highest BCUT2D eigenvalue weighted by atomic mass is 32.1. The smallest absolute Gasteiger partial charge is 0.235 e. The minimum atomic E-state index is -1.60. The van der Waals surface area contributed by atoms with Gasteiger partial charge in [0.05, 0.1) is 11.5 Å². The topological polar surface area (TPSA) is 95.5 Å². The monoisotopic (exact) mass is 448 g/mol. The van der Waals surface area contributed by atoms with Crippen LogP contribution in [0.15, 0.2) is 78.2 Å². The van der Waals surface area contributed by atoms with Crippen molar-refractivity contribution in [3.63, 3.8) is 0 Å². The van der Waals surface area contributed by atoms with E-state index < -0.39 is 35.2 Å². The fourth-order valence-corrected chi connectivity index (χ4v) is 5.30. The number of benzene rings is 2. The predicted octanol–water partition coefficient (Wildman–Crippen LogP) is 4.07. The highest BCUT2D eigenvalue weighted by Gasteiger charge is 2.56. The van der Waals surface area contributed by atoms with E-state index in [4.69, 9.17) is 0 Å². The molecular formula is C25H24N2O4S. The van der Waals surface area contributed by atoms with Crippen LogP contribution in [0.3, 0.4) is 0 Å². The summed E-state index contributed by atoms with van der Waals surface area (Å²) in [5, 5.41) is 18.7. The van der Waals surface area contributed by atoms with Crippen LogP contribution in [0.4, 0.5) is 11.4 Å². The van der Waals surface area contributed by atoms with Crippen molar-refractivity contribution in [3.05, 3.63) is 83.1 Å². The normalized spacial score (nSPS) is 25.2. The lowest BCUT2D eigenvalue weighted by molar-refractivity contribution is -0.150. The number of aliphatic hydroxyl groups is 1. The molecule has 3 aromatic rings. The number of rotatable bonds is 5. The van der Waals surface area contributed by atoms with E-state index in [0.29, 0.717) is 16.3 Å². The van der Waals surface area contributed by atoms with Crippen LogP contribution in [0.5, 0.6) is 0 Å². The third-order valence-corrected chi connectivity index (χ3v) is 6.76. The fraction of sp³-hybridized carbons (Fsp3) is 0.240. The second-order valence-corrected chi connectivity index (χ2v) is 9.19. The lowest BCUT2D eigenvalue weighted by Gasteiger charge is -2.44. The molecule has 4 rings (SSSR count). The van der Waals surface area contributed by atoms with E-state index >= 15 is 0 Å². The molecule has 1 aliphatic rings. The first-order chi connectivity index (χ1) is 15.4. The maximum atomic E-state index is 13.4. The molecule has 0 saturated heterocycles. The second kappa shape index (κ2) is 9.06. The Bertz CT molecular complexity index is 1100. The maximum absolute atomic E-state index is 13.4. The third kappa shape index (κ3) is 4.49. The van der Waals surface area contributed by atoms with Gasteiger partial charge in [-0.2, -0.15) is 0 Å². The van der Waals surface area contributed by atoms with E-state index in [-0.39, 0.29) is 12.2 Å². The quantitative estimate of drug-likeness (QED) is 0.513. The zero-order valence-electron chi connectivity index (χ0n) is 17.5. The molecule has 1 heterocycles. The molecule has 3 N–H and O–H groups in total. The van der Waals surface area contributed by atoms with Crippen molar-refractivity contribution in [2.45, 2.75) is 24.9 Å². The van der Waals surface area contributed by atoms with Crippen molar-refractivity contribution >= 4 is 40.3 Å². The Hall–Kier alpha value is -3.29. The van der Waals surface area contributed by atoms with E-state index in [2.05, 4.69) is 10.6 Å². The first-order valence-corrected chi connectivity index (χ1v) is 11.2. The summed E-state index contributed by atoms with van der Waals surface area (Å²) in [6.07, 6.45) is -0.283. The molecule has 1 saturated carbocycles. The molecule has 2 amide bonds. The average molecular weight is 449 g/mol. The predicted molar refractivity (Wildman–Crippen MR) is 124 cm³/mol. The Morgan fingerprint density at radius 3 is 2.00 bits per heavy atom. The average Bonchev–Trinajstić information content (AvgIpc) is 3.28. The van der Waals surface area contributed by atoms with E-state index in [0.717, 1.165) is 0 Å². The van der Waals surface area contributed by atoms with Crippen molar-refractivity contribution in [2.75, 3.05) is 10.6 Å². The van der Waals surface area contributed by atoms with Gasteiger partial charge in [-0.1, -0.05) is 42.5 Å². The molecule has 7 heteroatoms. The Labute approximate surface area is 190 Å². The van der Waals surface area contributed by atoms with Crippen molar-refractivity contribution in [3.8, 4) is 0 Å². The van der Waals surface area contributed by atoms with Crippen LogP contribution >= 0.6 is 11.3 Å². The Morgan fingerprint density at radius 2 is 1.47 bits per heavy atom. The van der Waals surface area contributed by atoms with Crippen LogP contribution in [0, 0.1) is 11.8 Å². The van der Waals surface area contributed by atoms with Crippen molar-refractivity contribution in [1.29, 1.82) is 0 Å². The van der Waals surface area contributed by atoms with Gasteiger partial charge in [0.25, 0.3) is 0 Å². The van der Waals surface area contributed by atoms with Crippen LogP contribution in [-0.2, 0) is 14.4 Å². The summed E-state index contributed by atoms with van der Waals surface area (Å²) >= 11 is 1.36. The number of anilines is 2. The Morgan fingerprint density at radius 1 is 0.906 bits per heavy atom. The summed E-state index contributed by atoms with van der Waals surface area (Å²) in [6.45, 7) is 1.49. The molecule has 1 fully saturated rings. The number of carbonyl (C=O) groups is 3. The third-order valence-electron chi connectivity index (χ3n) is 5.79. The number of carbonyl (C=O) groups excluding carboxylic acids is 3. The number of thiophene rings is 1. The maximum Gasteiger partial charge on any atom is 0.235 e. The second-order valence-electron chi connectivity index (χ2n) is 8.21. The van der Waals surface area contributed by atoms with Crippen LogP contribution in [0.2, 0.25) is 0 Å². The molecular weight excluding hydrogens is 424 g/mol. The SMILES string of the molecule is CC1(O)CC(=O)C(C(=O)Nc2ccccc2)C(c2cccs2)C1C(=O)Nc1ccccc1. The minimum Gasteiger partial charge on any atom is -0.389 e. The van der Waals surface area contributed by atoms with Crippen molar-refractivity contribution < 1.29 is 19.5 Å². The molecule has 2 aromatic carbocycles. The van der Waals surface area contributed by atoms with Gasteiger partial charge in [-0.15, -0.1) is 11.3 Å². The summed E-state index contributed by atoms with van der Waals surface area (Å²) in [7, 11) is 0. The zero-order valence-corrected chi connectivity index (χ0v) is 18.3. The highest BCUT2D eigenvalue weighted by Crippen LogP contribution is 2.47. The molecule has 1 aromatic heterocycles. The van der Waals surface area contributed by atoms with Crippen LogP contribution in [-0.4, -0.2) is 28.3 Å². The largest absolute Gasteiger partial charge is 0.389 e. The van der Waals surface area contributed by atoms with Gasteiger partial charge in [0.2, 0.25) is 11.8 Å². The Kier molecular flexibility index (Phi) is 6.21. The lowest BCUT2D eigenvalue weighted by Crippen LogP contribution is -2.56. The molecule has 0 aliphatic heterocycles. The Balaban J connectivity index is 1.72. The van der Waals surface area contributed by atoms with Gasteiger partial charge in [0.1, 0.15) is 11.7 Å². The number of Topliss-reactive ketones (excluding diaryl/α,β-unsaturated/α-hetero) is 1. The van der Waals surface area contributed by atoms with Gasteiger partial charge in [-0.3, -0.25) is 14.4 Å². The molecule has 4 atom stereocenters. The molecule has 1 aliphatic carbocycles. The van der Waals surface area contributed by atoms with Crippen LogP contribution in [0.1, 0.15) is 24.1 Å². The van der Waals surface area contributed by atoms with Gasteiger partial charge in [-0.05, 0) is 42.6 Å². The summed E-state index contributed by atoms with van der Waals surface area (Å²) in [4.78, 5) is 40.5. The molecule has 32 heavy (non-hydrogen) atoms.